The lowest BCUT2D eigenvalue weighted by Crippen LogP contribution is -1.99. The van der Waals surface area contributed by atoms with E-state index < -0.39 is 0 Å². The maximum atomic E-state index is 8.63. The molecule has 90 valence electrons. The van der Waals surface area contributed by atoms with Crippen LogP contribution in [0.25, 0.3) is 0 Å². The van der Waals surface area contributed by atoms with E-state index in [4.69, 9.17) is 21.4 Å². The average molecular weight is 243 g/mol. The van der Waals surface area contributed by atoms with E-state index in [2.05, 4.69) is 0 Å². The summed E-state index contributed by atoms with van der Waals surface area (Å²) in [5, 5.41) is 9.44. The Balaban J connectivity index is 2.43. The average Bonchev–Trinajstić information content (AvgIpc) is 2.25. The van der Waals surface area contributed by atoms with Crippen LogP contribution in [0.1, 0.15) is 30.4 Å². The Labute approximate surface area is 102 Å². The molecule has 1 aromatic carbocycles. The topological polar surface area (TPSA) is 29.5 Å². The van der Waals surface area contributed by atoms with Crippen LogP contribution in [-0.4, -0.2) is 18.3 Å². The third-order valence-electron chi connectivity index (χ3n) is 2.48. The molecule has 0 heterocycles. The molecule has 1 aromatic rings. The summed E-state index contributed by atoms with van der Waals surface area (Å²) in [6.07, 6.45) is 2.82. The van der Waals surface area contributed by atoms with Crippen LogP contribution in [0.2, 0.25) is 5.02 Å². The molecular weight excluding hydrogens is 224 g/mol. The van der Waals surface area contributed by atoms with Gasteiger partial charge in [0.15, 0.2) is 0 Å². The lowest BCUT2D eigenvalue weighted by atomic mass is 10.1. The number of aliphatic hydroxyl groups is 1. The van der Waals surface area contributed by atoms with Gasteiger partial charge in [0, 0.05) is 11.6 Å². The lowest BCUT2D eigenvalue weighted by Gasteiger charge is -2.09. The zero-order valence-electron chi connectivity index (χ0n) is 9.92. The maximum Gasteiger partial charge on any atom is 0.119 e. The van der Waals surface area contributed by atoms with Gasteiger partial charge in [-0.3, -0.25) is 0 Å². The highest BCUT2D eigenvalue weighted by atomic mass is 35.5. The van der Waals surface area contributed by atoms with Crippen molar-refractivity contribution in [2.24, 2.45) is 0 Å². The van der Waals surface area contributed by atoms with Crippen LogP contribution in [0.15, 0.2) is 12.1 Å². The van der Waals surface area contributed by atoms with Crippen LogP contribution in [-0.2, 0) is 0 Å². The third-order valence-corrected chi connectivity index (χ3v) is 3.08. The van der Waals surface area contributed by atoms with E-state index >= 15 is 0 Å². The number of benzene rings is 1. The second-order valence-corrected chi connectivity index (χ2v) is 4.38. The van der Waals surface area contributed by atoms with Crippen LogP contribution in [0, 0.1) is 13.8 Å². The van der Waals surface area contributed by atoms with Crippen molar-refractivity contribution in [3.05, 3.63) is 28.3 Å². The molecule has 0 fully saturated rings. The first kappa shape index (κ1) is 13.3. The first-order chi connectivity index (χ1) is 7.65. The molecule has 1 N–H and O–H groups in total. The minimum absolute atomic E-state index is 0.263. The van der Waals surface area contributed by atoms with Crippen LogP contribution in [0.5, 0.6) is 5.75 Å². The predicted molar refractivity (Wildman–Crippen MR) is 67.4 cm³/mol. The second kappa shape index (κ2) is 6.77. The number of rotatable bonds is 6. The van der Waals surface area contributed by atoms with Crippen molar-refractivity contribution < 1.29 is 9.84 Å². The van der Waals surface area contributed by atoms with Crippen molar-refractivity contribution in [2.45, 2.75) is 33.1 Å². The second-order valence-electron chi connectivity index (χ2n) is 4.00. The number of hydrogen-bond donors (Lipinski definition) is 1. The molecule has 0 aromatic heterocycles. The summed E-state index contributed by atoms with van der Waals surface area (Å²) in [6, 6.07) is 3.92. The first-order valence-electron chi connectivity index (χ1n) is 5.65. The quantitative estimate of drug-likeness (QED) is 0.774. The SMILES string of the molecule is Cc1cc(OCCCCCO)cc(C)c1Cl. The summed E-state index contributed by atoms with van der Waals surface area (Å²) >= 11 is 6.07. The first-order valence-corrected chi connectivity index (χ1v) is 6.03. The Hall–Kier alpha value is -0.730. The van der Waals surface area contributed by atoms with Crippen molar-refractivity contribution in [1.82, 2.24) is 0 Å². The number of unbranched alkanes of at least 4 members (excludes halogenated alkanes) is 2. The van der Waals surface area contributed by atoms with Crippen LogP contribution >= 0.6 is 11.6 Å². The van der Waals surface area contributed by atoms with Crippen molar-refractivity contribution in [2.75, 3.05) is 13.2 Å². The smallest absolute Gasteiger partial charge is 0.119 e. The van der Waals surface area contributed by atoms with Gasteiger partial charge in [-0.15, -0.1) is 0 Å². The molecule has 16 heavy (non-hydrogen) atoms. The Bertz CT molecular complexity index is 314. The highest BCUT2D eigenvalue weighted by Crippen LogP contribution is 2.25. The highest BCUT2D eigenvalue weighted by molar-refractivity contribution is 6.32. The molecule has 1 rings (SSSR count). The molecule has 2 nitrogen and oxygen atoms in total. The van der Waals surface area contributed by atoms with Gasteiger partial charge in [0.1, 0.15) is 5.75 Å². The van der Waals surface area contributed by atoms with Gasteiger partial charge in [-0.2, -0.15) is 0 Å². The fourth-order valence-corrected chi connectivity index (χ4v) is 1.68. The van der Waals surface area contributed by atoms with E-state index in [1.165, 1.54) is 0 Å². The van der Waals surface area contributed by atoms with E-state index in [1.807, 2.05) is 26.0 Å². The van der Waals surface area contributed by atoms with Crippen molar-refractivity contribution in [3.8, 4) is 5.75 Å². The monoisotopic (exact) mass is 242 g/mol. The van der Waals surface area contributed by atoms with Gasteiger partial charge in [-0.1, -0.05) is 11.6 Å². The summed E-state index contributed by atoms with van der Waals surface area (Å²) < 4.78 is 5.63. The number of aryl methyl sites for hydroxylation is 2. The molecule has 0 amide bonds. The van der Waals surface area contributed by atoms with E-state index in [1.54, 1.807) is 0 Å². The maximum absolute atomic E-state index is 8.63. The van der Waals surface area contributed by atoms with Gasteiger partial charge in [0.05, 0.1) is 6.61 Å². The molecule has 0 unspecified atom stereocenters. The Morgan fingerprint density at radius 3 is 2.31 bits per heavy atom. The summed E-state index contributed by atoms with van der Waals surface area (Å²) in [5.74, 6) is 0.878. The van der Waals surface area contributed by atoms with Crippen LogP contribution < -0.4 is 4.74 Å². The summed E-state index contributed by atoms with van der Waals surface area (Å²) in [5.41, 5.74) is 2.10. The third kappa shape index (κ3) is 4.03. The van der Waals surface area contributed by atoms with Crippen molar-refractivity contribution in [3.63, 3.8) is 0 Å². The predicted octanol–water partition coefficient (Wildman–Crippen LogP) is 3.50. The van der Waals surface area contributed by atoms with E-state index in [-0.39, 0.29) is 6.61 Å². The van der Waals surface area contributed by atoms with Crippen LogP contribution in [0.3, 0.4) is 0 Å². The molecule has 0 bridgehead atoms. The van der Waals surface area contributed by atoms with E-state index in [9.17, 15) is 0 Å². The standard InChI is InChI=1S/C13H19ClO2/c1-10-8-12(9-11(2)13(10)14)16-7-5-3-4-6-15/h8-9,15H,3-7H2,1-2H3. The van der Waals surface area contributed by atoms with Gasteiger partial charge in [-0.25, -0.2) is 0 Å². The molecule has 0 saturated carbocycles. The molecule has 0 atom stereocenters. The number of hydrogen-bond acceptors (Lipinski definition) is 2. The van der Waals surface area contributed by atoms with Crippen molar-refractivity contribution in [1.29, 1.82) is 0 Å². The minimum atomic E-state index is 0.263. The molecule has 0 aliphatic heterocycles. The summed E-state index contributed by atoms with van der Waals surface area (Å²) in [6.45, 7) is 4.92. The Morgan fingerprint density at radius 2 is 1.75 bits per heavy atom. The molecule has 3 heteroatoms. The molecule has 0 aliphatic rings. The lowest BCUT2D eigenvalue weighted by molar-refractivity contribution is 0.266. The molecule has 0 spiro atoms. The minimum Gasteiger partial charge on any atom is -0.494 e. The van der Waals surface area contributed by atoms with Gasteiger partial charge in [-0.05, 0) is 56.4 Å². The fourth-order valence-electron chi connectivity index (χ4n) is 1.57. The van der Waals surface area contributed by atoms with E-state index in [0.717, 1.165) is 41.2 Å². The molecule has 0 aliphatic carbocycles. The number of ether oxygens (including phenoxy) is 1. The zero-order valence-corrected chi connectivity index (χ0v) is 10.7. The van der Waals surface area contributed by atoms with Crippen molar-refractivity contribution >= 4 is 11.6 Å². The summed E-state index contributed by atoms with van der Waals surface area (Å²) in [7, 11) is 0. The molecular formula is C13H19ClO2. The van der Waals surface area contributed by atoms with Gasteiger partial charge >= 0.3 is 0 Å². The molecule has 0 saturated heterocycles. The highest BCUT2D eigenvalue weighted by Gasteiger charge is 2.03. The largest absolute Gasteiger partial charge is 0.494 e. The Kier molecular flexibility index (Phi) is 5.64. The van der Waals surface area contributed by atoms with Gasteiger partial charge in [0.25, 0.3) is 0 Å². The van der Waals surface area contributed by atoms with Gasteiger partial charge in [0.2, 0.25) is 0 Å². The normalized spacial score (nSPS) is 10.5. The van der Waals surface area contributed by atoms with E-state index in [0.29, 0.717) is 6.61 Å². The summed E-state index contributed by atoms with van der Waals surface area (Å²) in [4.78, 5) is 0. The molecule has 0 radical (unpaired) electrons. The van der Waals surface area contributed by atoms with Crippen LogP contribution in [0.4, 0.5) is 0 Å². The fraction of sp³-hybridized carbons (Fsp3) is 0.538. The zero-order chi connectivity index (χ0) is 12.0. The number of aliphatic hydroxyl groups excluding tert-OH is 1. The van der Waals surface area contributed by atoms with Gasteiger partial charge < -0.3 is 9.84 Å². The number of halogens is 1. The Morgan fingerprint density at radius 1 is 1.12 bits per heavy atom.